The first kappa shape index (κ1) is 15.8. The van der Waals surface area contributed by atoms with Crippen molar-refractivity contribution in [2.75, 3.05) is 0 Å². The third kappa shape index (κ3) is 2.86. The summed E-state index contributed by atoms with van der Waals surface area (Å²) in [5.74, 6) is 0. The first-order valence-electron chi connectivity index (χ1n) is 8.15. The SMILES string of the molecule is O=[N+]([O-])c1cc(-c2ccncc2)c(-c2ccccc2)c(-n2cccc2)c1. The van der Waals surface area contributed by atoms with E-state index >= 15 is 0 Å². The lowest BCUT2D eigenvalue weighted by Crippen LogP contribution is -2.00. The minimum Gasteiger partial charge on any atom is -0.323 e. The maximum atomic E-state index is 11.5. The lowest BCUT2D eigenvalue weighted by atomic mass is 9.92. The van der Waals surface area contributed by atoms with Crippen LogP contribution in [0.25, 0.3) is 27.9 Å². The number of aromatic nitrogens is 2. The number of nitro groups is 1. The number of pyridine rings is 1. The summed E-state index contributed by atoms with van der Waals surface area (Å²) in [7, 11) is 0. The number of hydrogen-bond acceptors (Lipinski definition) is 3. The van der Waals surface area contributed by atoms with E-state index < -0.39 is 0 Å². The quantitative estimate of drug-likeness (QED) is 0.382. The van der Waals surface area contributed by atoms with E-state index in [2.05, 4.69) is 4.98 Å². The third-order valence-corrected chi connectivity index (χ3v) is 4.25. The van der Waals surface area contributed by atoms with Gasteiger partial charge in [0.05, 0.1) is 10.6 Å². The Labute approximate surface area is 150 Å². The van der Waals surface area contributed by atoms with Gasteiger partial charge >= 0.3 is 0 Å². The Bertz CT molecular complexity index is 1040. The Kier molecular flexibility index (Phi) is 4.03. The summed E-state index contributed by atoms with van der Waals surface area (Å²) in [4.78, 5) is 15.2. The van der Waals surface area contributed by atoms with Gasteiger partial charge in [-0.05, 0) is 41.0 Å². The van der Waals surface area contributed by atoms with Crippen LogP contribution in [0.15, 0.2) is 91.5 Å². The first-order valence-corrected chi connectivity index (χ1v) is 8.15. The molecule has 0 spiro atoms. The zero-order valence-corrected chi connectivity index (χ0v) is 13.8. The van der Waals surface area contributed by atoms with Gasteiger partial charge < -0.3 is 4.57 Å². The maximum Gasteiger partial charge on any atom is 0.272 e. The molecule has 0 atom stereocenters. The molecule has 0 fully saturated rings. The van der Waals surface area contributed by atoms with Gasteiger partial charge in [0.15, 0.2) is 0 Å². The zero-order chi connectivity index (χ0) is 17.9. The van der Waals surface area contributed by atoms with Crippen LogP contribution in [-0.4, -0.2) is 14.5 Å². The number of benzene rings is 2. The highest BCUT2D eigenvalue weighted by atomic mass is 16.6. The van der Waals surface area contributed by atoms with Gasteiger partial charge in [-0.25, -0.2) is 0 Å². The normalized spacial score (nSPS) is 10.6. The van der Waals surface area contributed by atoms with Crippen molar-refractivity contribution in [2.45, 2.75) is 0 Å². The van der Waals surface area contributed by atoms with Crippen molar-refractivity contribution in [3.05, 3.63) is 102 Å². The van der Waals surface area contributed by atoms with E-state index in [1.54, 1.807) is 24.5 Å². The van der Waals surface area contributed by atoms with Crippen LogP contribution in [0.3, 0.4) is 0 Å². The summed E-state index contributed by atoms with van der Waals surface area (Å²) in [6.07, 6.45) is 7.17. The lowest BCUT2D eigenvalue weighted by molar-refractivity contribution is -0.384. The molecule has 0 aliphatic heterocycles. The number of rotatable bonds is 4. The number of non-ortho nitro benzene ring substituents is 1. The Morgan fingerprint density at radius 2 is 1.54 bits per heavy atom. The second-order valence-electron chi connectivity index (χ2n) is 5.84. The molecule has 0 radical (unpaired) electrons. The van der Waals surface area contributed by atoms with Gasteiger partial charge in [0, 0.05) is 42.5 Å². The molecule has 0 unspecified atom stereocenters. The highest BCUT2D eigenvalue weighted by molar-refractivity contribution is 5.90. The van der Waals surface area contributed by atoms with Gasteiger partial charge in [0.25, 0.3) is 5.69 Å². The molecule has 0 N–H and O–H groups in total. The molecule has 26 heavy (non-hydrogen) atoms. The van der Waals surface area contributed by atoms with E-state index in [0.717, 1.165) is 27.9 Å². The summed E-state index contributed by atoms with van der Waals surface area (Å²) in [6.45, 7) is 0. The van der Waals surface area contributed by atoms with Crippen molar-refractivity contribution in [3.63, 3.8) is 0 Å². The molecule has 2 aromatic carbocycles. The largest absolute Gasteiger partial charge is 0.323 e. The highest BCUT2D eigenvalue weighted by Crippen LogP contribution is 2.39. The predicted molar refractivity (Wildman–Crippen MR) is 101 cm³/mol. The lowest BCUT2D eigenvalue weighted by Gasteiger charge is -2.16. The molecule has 4 aromatic rings. The molecular formula is C21H15N3O2. The molecule has 0 saturated heterocycles. The third-order valence-electron chi connectivity index (χ3n) is 4.25. The average Bonchev–Trinajstić information content (AvgIpc) is 3.23. The molecule has 0 aliphatic rings. The minimum absolute atomic E-state index is 0.0557. The molecule has 4 rings (SSSR count). The fourth-order valence-corrected chi connectivity index (χ4v) is 3.08. The van der Waals surface area contributed by atoms with E-state index in [1.807, 2.05) is 71.6 Å². The summed E-state index contributed by atoms with van der Waals surface area (Å²) in [6, 6.07) is 20.7. The monoisotopic (exact) mass is 341 g/mol. The molecule has 0 aliphatic carbocycles. The number of nitrogens with zero attached hydrogens (tertiary/aromatic N) is 3. The van der Waals surface area contributed by atoms with Crippen LogP contribution in [0.5, 0.6) is 0 Å². The minimum atomic E-state index is -0.355. The molecule has 0 saturated carbocycles. The molecule has 2 aromatic heterocycles. The van der Waals surface area contributed by atoms with Crippen molar-refractivity contribution < 1.29 is 4.92 Å². The standard InChI is InChI=1S/C21H15N3O2/c25-24(26)18-14-19(16-8-10-22-11-9-16)21(17-6-2-1-3-7-17)20(15-18)23-12-4-5-13-23/h1-15H. The van der Waals surface area contributed by atoms with E-state index in [0.29, 0.717) is 0 Å². The van der Waals surface area contributed by atoms with E-state index in [4.69, 9.17) is 0 Å². The van der Waals surface area contributed by atoms with Crippen LogP contribution < -0.4 is 0 Å². The number of hydrogen-bond donors (Lipinski definition) is 0. The molecule has 5 nitrogen and oxygen atoms in total. The summed E-state index contributed by atoms with van der Waals surface area (Å²) in [5.41, 5.74) is 4.45. The molecule has 2 heterocycles. The van der Waals surface area contributed by atoms with Gasteiger partial charge in [-0.1, -0.05) is 30.3 Å². The zero-order valence-electron chi connectivity index (χ0n) is 13.8. The predicted octanol–water partition coefficient (Wildman–Crippen LogP) is 5.11. The van der Waals surface area contributed by atoms with Crippen molar-refractivity contribution in [1.29, 1.82) is 0 Å². The van der Waals surface area contributed by atoms with Crippen molar-refractivity contribution in [1.82, 2.24) is 9.55 Å². The highest BCUT2D eigenvalue weighted by Gasteiger charge is 2.19. The average molecular weight is 341 g/mol. The van der Waals surface area contributed by atoms with Crippen LogP contribution in [0.4, 0.5) is 5.69 Å². The molecule has 0 amide bonds. The second-order valence-corrected chi connectivity index (χ2v) is 5.84. The van der Waals surface area contributed by atoms with Gasteiger partial charge in [-0.2, -0.15) is 0 Å². The van der Waals surface area contributed by atoms with Crippen LogP contribution in [-0.2, 0) is 0 Å². The summed E-state index contributed by atoms with van der Waals surface area (Å²) in [5, 5.41) is 11.5. The van der Waals surface area contributed by atoms with Crippen molar-refractivity contribution in [3.8, 4) is 27.9 Å². The van der Waals surface area contributed by atoms with E-state index in [1.165, 1.54) is 0 Å². The maximum absolute atomic E-state index is 11.5. The van der Waals surface area contributed by atoms with Crippen LogP contribution in [0.2, 0.25) is 0 Å². The summed E-state index contributed by atoms with van der Waals surface area (Å²) >= 11 is 0. The topological polar surface area (TPSA) is 61.0 Å². The van der Waals surface area contributed by atoms with Gasteiger partial charge in [-0.15, -0.1) is 0 Å². The molecular weight excluding hydrogens is 326 g/mol. The van der Waals surface area contributed by atoms with Crippen LogP contribution in [0, 0.1) is 10.1 Å². The van der Waals surface area contributed by atoms with Crippen molar-refractivity contribution in [2.24, 2.45) is 0 Å². The Morgan fingerprint density at radius 3 is 2.19 bits per heavy atom. The summed E-state index contributed by atoms with van der Waals surface area (Å²) < 4.78 is 1.90. The Balaban J connectivity index is 2.10. The molecule has 126 valence electrons. The molecule has 0 bridgehead atoms. The van der Waals surface area contributed by atoms with Gasteiger partial charge in [-0.3, -0.25) is 15.1 Å². The van der Waals surface area contributed by atoms with E-state index in [9.17, 15) is 10.1 Å². The fraction of sp³-hybridized carbons (Fsp3) is 0. The Morgan fingerprint density at radius 1 is 0.846 bits per heavy atom. The number of nitro benzene ring substituents is 1. The smallest absolute Gasteiger partial charge is 0.272 e. The molecule has 5 heteroatoms. The second kappa shape index (κ2) is 6.64. The van der Waals surface area contributed by atoms with E-state index in [-0.39, 0.29) is 10.6 Å². The first-order chi connectivity index (χ1) is 12.7. The van der Waals surface area contributed by atoms with Crippen LogP contribution >= 0.6 is 0 Å². The van der Waals surface area contributed by atoms with Crippen LogP contribution in [0.1, 0.15) is 0 Å². The Hall–Kier alpha value is -3.73. The van der Waals surface area contributed by atoms with Gasteiger partial charge in [0.2, 0.25) is 0 Å². The van der Waals surface area contributed by atoms with Gasteiger partial charge in [0.1, 0.15) is 0 Å². The fourth-order valence-electron chi connectivity index (χ4n) is 3.08. The van der Waals surface area contributed by atoms with Crippen molar-refractivity contribution >= 4 is 5.69 Å².